The van der Waals surface area contributed by atoms with E-state index >= 15 is 0 Å². The second kappa shape index (κ2) is 6.04. The van der Waals surface area contributed by atoms with E-state index in [0.717, 1.165) is 43.3 Å². The summed E-state index contributed by atoms with van der Waals surface area (Å²) >= 11 is 0. The van der Waals surface area contributed by atoms with Crippen molar-refractivity contribution in [2.45, 2.75) is 52.0 Å². The Morgan fingerprint density at radius 1 is 1.44 bits per heavy atom. The molecule has 0 radical (unpaired) electrons. The van der Waals surface area contributed by atoms with Gasteiger partial charge in [0.05, 0.1) is 5.69 Å². The molecule has 3 nitrogen and oxygen atoms in total. The van der Waals surface area contributed by atoms with Crippen LogP contribution in [-0.2, 0) is 13.0 Å². The molecule has 1 fully saturated rings. The minimum Gasteiger partial charge on any atom is -0.448 e. The van der Waals surface area contributed by atoms with E-state index in [4.69, 9.17) is 4.42 Å². The molecule has 0 spiro atoms. The van der Waals surface area contributed by atoms with E-state index in [-0.39, 0.29) is 0 Å². The van der Waals surface area contributed by atoms with Gasteiger partial charge in [0.15, 0.2) is 6.39 Å². The first-order valence-corrected chi connectivity index (χ1v) is 6.52. The van der Waals surface area contributed by atoms with Gasteiger partial charge in [0.2, 0.25) is 0 Å². The molecule has 0 bridgehead atoms. The van der Waals surface area contributed by atoms with E-state index in [0.29, 0.717) is 0 Å². The second-order valence-electron chi connectivity index (χ2n) is 4.75. The third-order valence-corrected chi connectivity index (χ3v) is 3.39. The second-order valence-corrected chi connectivity index (χ2v) is 4.75. The average molecular weight is 222 g/mol. The molecule has 0 aromatic carbocycles. The fourth-order valence-corrected chi connectivity index (χ4v) is 2.46. The van der Waals surface area contributed by atoms with Crippen LogP contribution in [0.3, 0.4) is 0 Å². The molecule has 0 unspecified atom stereocenters. The zero-order chi connectivity index (χ0) is 11.2. The van der Waals surface area contributed by atoms with Gasteiger partial charge in [-0.3, -0.25) is 0 Å². The van der Waals surface area contributed by atoms with E-state index < -0.39 is 0 Å². The third-order valence-electron chi connectivity index (χ3n) is 3.39. The van der Waals surface area contributed by atoms with Crippen LogP contribution in [0.4, 0.5) is 0 Å². The van der Waals surface area contributed by atoms with Gasteiger partial charge in [0.25, 0.3) is 0 Å². The number of nitrogens with zero attached hydrogens (tertiary/aromatic N) is 1. The normalized spacial score (nSPS) is 17.1. The molecule has 0 atom stereocenters. The molecule has 1 heterocycles. The highest BCUT2D eigenvalue weighted by Gasteiger charge is 2.19. The molecule has 0 saturated heterocycles. The summed E-state index contributed by atoms with van der Waals surface area (Å²) in [5.41, 5.74) is 1.11. The lowest BCUT2D eigenvalue weighted by atomic mass is 10.0. The van der Waals surface area contributed by atoms with Crippen LogP contribution in [0.5, 0.6) is 0 Å². The fraction of sp³-hybridized carbons (Fsp3) is 0.769. The Bertz CT molecular complexity index is 303. The summed E-state index contributed by atoms with van der Waals surface area (Å²) in [6.07, 6.45) is 9.35. The largest absolute Gasteiger partial charge is 0.448 e. The van der Waals surface area contributed by atoms with Crippen LogP contribution in [-0.4, -0.2) is 11.5 Å². The van der Waals surface area contributed by atoms with Crippen LogP contribution >= 0.6 is 0 Å². The van der Waals surface area contributed by atoms with Gasteiger partial charge in [0, 0.05) is 13.0 Å². The highest BCUT2D eigenvalue weighted by atomic mass is 16.3. The van der Waals surface area contributed by atoms with Gasteiger partial charge >= 0.3 is 0 Å². The topological polar surface area (TPSA) is 38.1 Å². The lowest BCUT2D eigenvalue weighted by Gasteiger charge is -2.07. The maximum absolute atomic E-state index is 5.51. The molecular weight excluding hydrogens is 200 g/mol. The van der Waals surface area contributed by atoms with Gasteiger partial charge in [-0.1, -0.05) is 32.6 Å². The van der Waals surface area contributed by atoms with Crippen LogP contribution in [0, 0.1) is 5.92 Å². The molecule has 16 heavy (non-hydrogen) atoms. The molecule has 1 saturated carbocycles. The van der Waals surface area contributed by atoms with Crippen molar-refractivity contribution in [3.63, 3.8) is 0 Å². The van der Waals surface area contributed by atoms with Crippen LogP contribution in [0.25, 0.3) is 0 Å². The van der Waals surface area contributed by atoms with Crippen molar-refractivity contribution in [3.05, 3.63) is 17.8 Å². The smallest absolute Gasteiger partial charge is 0.181 e. The maximum atomic E-state index is 5.51. The van der Waals surface area contributed by atoms with Crippen LogP contribution in [0.1, 0.15) is 50.5 Å². The van der Waals surface area contributed by atoms with E-state index in [1.807, 2.05) is 0 Å². The minimum atomic E-state index is 0.831. The van der Waals surface area contributed by atoms with E-state index in [1.54, 1.807) is 6.39 Å². The zero-order valence-electron chi connectivity index (χ0n) is 10.2. The predicted octanol–water partition coefficient (Wildman–Crippen LogP) is 2.91. The number of rotatable bonds is 6. The van der Waals surface area contributed by atoms with Crippen LogP contribution in [0.2, 0.25) is 0 Å². The first-order chi connectivity index (χ1) is 7.90. The summed E-state index contributed by atoms with van der Waals surface area (Å²) in [7, 11) is 0. The molecule has 0 amide bonds. The quantitative estimate of drug-likeness (QED) is 0.752. The highest BCUT2D eigenvalue weighted by molar-refractivity contribution is 5.08. The molecule has 1 aliphatic rings. The molecule has 1 N–H and O–H groups in total. The number of oxazole rings is 1. The monoisotopic (exact) mass is 222 g/mol. The standard InChI is InChI=1S/C13H22N2O/c1-2-7-14-9-12-13(16-10-15-12)8-11-5-3-4-6-11/h10-11,14H,2-9H2,1H3. The summed E-state index contributed by atoms with van der Waals surface area (Å²) in [4.78, 5) is 4.30. The first-order valence-electron chi connectivity index (χ1n) is 6.52. The Morgan fingerprint density at radius 3 is 3.00 bits per heavy atom. The van der Waals surface area contributed by atoms with Crippen molar-refractivity contribution in [2.75, 3.05) is 6.54 Å². The number of nitrogens with one attached hydrogen (secondary N) is 1. The Hall–Kier alpha value is -0.830. The summed E-state index contributed by atoms with van der Waals surface area (Å²) in [6, 6.07) is 0. The minimum absolute atomic E-state index is 0.831. The van der Waals surface area contributed by atoms with Crippen molar-refractivity contribution in [1.29, 1.82) is 0 Å². The van der Waals surface area contributed by atoms with Crippen molar-refractivity contribution < 1.29 is 4.42 Å². The van der Waals surface area contributed by atoms with Crippen molar-refractivity contribution in [3.8, 4) is 0 Å². The Kier molecular flexibility index (Phi) is 4.40. The van der Waals surface area contributed by atoms with Gasteiger partial charge in [-0.05, 0) is 18.9 Å². The summed E-state index contributed by atoms with van der Waals surface area (Å²) < 4.78 is 5.51. The van der Waals surface area contributed by atoms with Crippen LogP contribution < -0.4 is 5.32 Å². The Labute approximate surface area is 97.6 Å². The average Bonchev–Trinajstić information content (AvgIpc) is 2.92. The number of aromatic nitrogens is 1. The van der Waals surface area contributed by atoms with E-state index in [9.17, 15) is 0 Å². The van der Waals surface area contributed by atoms with Crippen molar-refractivity contribution in [2.24, 2.45) is 5.92 Å². The summed E-state index contributed by atoms with van der Waals surface area (Å²) in [5, 5.41) is 3.38. The Balaban J connectivity index is 1.85. The molecular formula is C13H22N2O. The number of hydrogen-bond donors (Lipinski definition) is 1. The van der Waals surface area contributed by atoms with Crippen molar-refractivity contribution in [1.82, 2.24) is 10.3 Å². The van der Waals surface area contributed by atoms with Gasteiger partial charge in [0.1, 0.15) is 5.76 Å². The molecule has 1 aromatic heterocycles. The zero-order valence-corrected chi connectivity index (χ0v) is 10.2. The van der Waals surface area contributed by atoms with Gasteiger partial charge in [-0.2, -0.15) is 0 Å². The molecule has 2 rings (SSSR count). The summed E-state index contributed by atoms with van der Waals surface area (Å²) in [5.74, 6) is 1.94. The molecule has 0 aliphatic heterocycles. The predicted molar refractivity (Wildman–Crippen MR) is 64.2 cm³/mol. The molecule has 1 aliphatic carbocycles. The molecule has 90 valence electrons. The highest BCUT2D eigenvalue weighted by Crippen LogP contribution is 2.28. The first kappa shape index (κ1) is 11.6. The van der Waals surface area contributed by atoms with Gasteiger partial charge in [-0.25, -0.2) is 4.98 Å². The fourth-order valence-electron chi connectivity index (χ4n) is 2.46. The van der Waals surface area contributed by atoms with E-state index in [1.165, 1.54) is 25.7 Å². The molecule has 1 aromatic rings. The van der Waals surface area contributed by atoms with Gasteiger partial charge < -0.3 is 9.73 Å². The third kappa shape index (κ3) is 3.08. The lowest BCUT2D eigenvalue weighted by molar-refractivity contribution is 0.437. The molecule has 3 heteroatoms. The lowest BCUT2D eigenvalue weighted by Crippen LogP contribution is -2.15. The maximum Gasteiger partial charge on any atom is 0.181 e. The van der Waals surface area contributed by atoms with E-state index in [2.05, 4.69) is 17.2 Å². The van der Waals surface area contributed by atoms with Crippen molar-refractivity contribution >= 4 is 0 Å². The summed E-state index contributed by atoms with van der Waals surface area (Å²) in [6.45, 7) is 4.08. The van der Waals surface area contributed by atoms with Gasteiger partial charge in [-0.15, -0.1) is 0 Å². The number of hydrogen-bond acceptors (Lipinski definition) is 3. The van der Waals surface area contributed by atoms with Crippen LogP contribution in [0.15, 0.2) is 10.8 Å². The Morgan fingerprint density at radius 2 is 2.25 bits per heavy atom. The SMILES string of the molecule is CCCNCc1ncoc1CC1CCCC1.